The monoisotopic (exact) mass is 285 g/mol. The summed E-state index contributed by atoms with van der Waals surface area (Å²) in [6.45, 7) is 0. The molecule has 0 aliphatic rings. The zero-order chi connectivity index (χ0) is 15.2. The van der Waals surface area contributed by atoms with Crippen LogP contribution >= 0.6 is 0 Å². The lowest BCUT2D eigenvalue weighted by Crippen LogP contribution is -1.91. The van der Waals surface area contributed by atoms with Crippen LogP contribution < -0.4 is 9.47 Å². The predicted octanol–water partition coefficient (Wildman–Crippen LogP) is 3.78. The fraction of sp³-hybridized carbons (Fsp3) is 0.125. The Morgan fingerprint density at radius 3 is 2.38 bits per heavy atom. The van der Waals surface area contributed by atoms with Crippen LogP contribution in [0.1, 0.15) is 11.1 Å². The summed E-state index contributed by atoms with van der Waals surface area (Å²) in [6, 6.07) is 12.0. The van der Waals surface area contributed by atoms with Crippen LogP contribution in [0.3, 0.4) is 0 Å². The highest BCUT2D eigenvalue weighted by Gasteiger charge is 2.09. The van der Waals surface area contributed by atoms with E-state index in [0.29, 0.717) is 17.1 Å². The molecule has 0 spiro atoms. The molecule has 2 rings (SSSR count). The van der Waals surface area contributed by atoms with E-state index in [9.17, 15) is 10.1 Å². The molecule has 2 aromatic carbocycles. The van der Waals surface area contributed by atoms with Gasteiger partial charge in [0.05, 0.1) is 24.7 Å². The normalized spacial score (nSPS) is 10.6. The highest BCUT2D eigenvalue weighted by molar-refractivity contribution is 5.74. The molecule has 0 atom stereocenters. The maximum Gasteiger partial charge on any atom is 0.276 e. The Morgan fingerprint density at radius 2 is 1.71 bits per heavy atom. The van der Waals surface area contributed by atoms with Crippen LogP contribution in [0, 0.1) is 10.1 Å². The fourth-order valence-electron chi connectivity index (χ4n) is 1.94. The van der Waals surface area contributed by atoms with Gasteiger partial charge in [-0.15, -0.1) is 0 Å². The molecule has 2 aromatic rings. The highest BCUT2D eigenvalue weighted by Crippen LogP contribution is 2.28. The van der Waals surface area contributed by atoms with Gasteiger partial charge >= 0.3 is 0 Å². The van der Waals surface area contributed by atoms with Gasteiger partial charge in [0.1, 0.15) is 0 Å². The number of rotatable bonds is 5. The van der Waals surface area contributed by atoms with Crippen molar-refractivity contribution in [1.82, 2.24) is 0 Å². The van der Waals surface area contributed by atoms with Crippen LogP contribution in [0.15, 0.2) is 42.5 Å². The summed E-state index contributed by atoms with van der Waals surface area (Å²) in [5, 5.41) is 11.0. The first kappa shape index (κ1) is 14.6. The predicted molar refractivity (Wildman–Crippen MR) is 81.6 cm³/mol. The zero-order valence-corrected chi connectivity index (χ0v) is 11.8. The van der Waals surface area contributed by atoms with Crippen molar-refractivity contribution in [1.29, 1.82) is 0 Å². The van der Waals surface area contributed by atoms with Crippen molar-refractivity contribution in [2.45, 2.75) is 0 Å². The minimum atomic E-state index is -0.395. The summed E-state index contributed by atoms with van der Waals surface area (Å²) >= 11 is 0. The van der Waals surface area contributed by atoms with Gasteiger partial charge in [-0.05, 0) is 29.8 Å². The van der Waals surface area contributed by atoms with E-state index in [0.717, 1.165) is 5.56 Å². The minimum absolute atomic E-state index is 0.0780. The van der Waals surface area contributed by atoms with Crippen LogP contribution in [0.25, 0.3) is 12.2 Å². The van der Waals surface area contributed by atoms with Gasteiger partial charge in [-0.25, -0.2) is 0 Å². The number of nitro benzene ring substituents is 1. The molecule has 0 amide bonds. The molecule has 21 heavy (non-hydrogen) atoms. The Labute approximate surface area is 122 Å². The summed E-state index contributed by atoms with van der Waals surface area (Å²) in [7, 11) is 3.13. The Morgan fingerprint density at radius 1 is 1.00 bits per heavy atom. The molecule has 0 fully saturated rings. The third-order valence-corrected chi connectivity index (χ3v) is 3.00. The summed E-state index contributed by atoms with van der Waals surface area (Å²) in [6.07, 6.45) is 3.50. The van der Waals surface area contributed by atoms with Crippen LogP contribution in [0.2, 0.25) is 0 Å². The van der Waals surface area contributed by atoms with Gasteiger partial charge in [0.25, 0.3) is 5.69 Å². The summed E-state index contributed by atoms with van der Waals surface area (Å²) in [5.41, 5.74) is 1.50. The van der Waals surface area contributed by atoms with Crippen LogP contribution in [-0.2, 0) is 0 Å². The second-order valence-electron chi connectivity index (χ2n) is 4.26. The van der Waals surface area contributed by atoms with Crippen molar-refractivity contribution in [3.8, 4) is 11.5 Å². The number of hydrogen-bond acceptors (Lipinski definition) is 4. The molecule has 5 nitrogen and oxygen atoms in total. The van der Waals surface area contributed by atoms with E-state index < -0.39 is 4.92 Å². The Hall–Kier alpha value is -2.82. The Kier molecular flexibility index (Phi) is 4.56. The molecular weight excluding hydrogens is 270 g/mol. The van der Waals surface area contributed by atoms with Crippen LogP contribution in [-0.4, -0.2) is 19.1 Å². The van der Waals surface area contributed by atoms with Gasteiger partial charge in [-0.2, -0.15) is 0 Å². The lowest BCUT2D eigenvalue weighted by Gasteiger charge is -2.07. The van der Waals surface area contributed by atoms with E-state index in [1.165, 1.54) is 6.07 Å². The molecule has 0 bridgehead atoms. The smallest absolute Gasteiger partial charge is 0.276 e. The number of ether oxygens (including phenoxy) is 2. The van der Waals surface area contributed by atoms with Gasteiger partial charge in [0, 0.05) is 6.07 Å². The van der Waals surface area contributed by atoms with Crippen LogP contribution in [0.4, 0.5) is 5.69 Å². The summed E-state index contributed by atoms with van der Waals surface area (Å²) < 4.78 is 10.4. The van der Waals surface area contributed by atoms with Crippen molar-refractivity contribution in [3.63, 3.8) is 0 Å². The molecule has 0 radical (unpaired) electrons. The second kappa shape index (κ2) is 6.56. The molecule has 0 aliphatic carbocycles. The average Bonchev–Trinajstić information content (AvgIpc) is 2.52. The van der Waals surface area contributed by atoms with Crippen molar-refractivity contribution in [2.24, 2.45) is 0 Å². The van der Waals surface area contributed by atoms with Gasteiger partial charge in [0.2, 0.25) is 0 Å². The van der Waals surface area contributed by atoms with Crippen molar-refractivity contribution < 1.29 is 14.4 Å². The van der Waals surface area contributed by atoms with Gasteiger partial charge in [-0.1, -0.05) is 24.3 Å². The first-order chi connectivity index (χ1) is 10.2. The lowest BCUT2D eigenvalue weighted by molar-refractivity contribution is -0.385. The molecule has 0 saturated heterocycles. The van der Waals surface area contributed by atoms with Gasteiger partial charge in [-0.3, -0.25) is 10.1 Å². The van der Waals surface area contributed by atoms with Crippen molar-refractivity contribution in [2.75, 3.05) is 14.2 Å². The van der Waals surface area contributed by atoms with E-state index >= 15 is 0 Å². The fourth-order valence-corrected chi connectivity index (χ4v) is 1.94. The van der Waals surface area contributed by atoms with Crippen molar-refractivity contribution >= 4 is 17.8 Å². The first-order valence-electron chi connectivity index (χ1n) is 6.29. The van der Waals surface area contributed by atoms with Crippen molar-refractivity contribution in [3.05, 3.63) is 63.7 Å². The lowest BCUT2D eigenvalue weighted by atomic mass is 10.1. The third-order valence-electron chi connectivity index (χ3n) is 3.00. The number of nitrogens with zero attached hydrogens (tertiary/aromatic N) is 1. The highest BCUT2D eigenvalue weighted by atomic mass is 16.6. The zero-order valence-electron chi connectivity index (χ0n) is 11.8. The minimum Gasteiger partial charge on any atom is -0.493 e. The topological polar surface area (TPSA) is 61.6 Å². The van der Waals surface area contributed by atoms with E-state index in [1.807, 2.05) is 12.1 Å². The number of methoxy groups -OCH3 is 2. The Bertz CT molecular complexity index is 680. The number of nitro groups is 1. The SMILES string of the molecule is COc1ccc(C=Cc2ccccc2[N+](=O)[O-])cc1OC. The molecule has 0 unspecified atom stereocenters. The molecule has 0 saturated carbocycles. The average molecular weight is 285 g/mol. The molecule has 0 heterocycles. The van der Waals surface area contributed by atoms with Gasteiger partial charge in [0.15, 0.2) is 11.5 Å². The van der Waals surface area contributed by atoms with Gasteiger partial charge < -0.3 is 9.47 Å². The second-order valence-corrected chi connectivity index (χ2v) is 4.26. The van der Waals surface area contributed by atoms with E-state index in [2.05, 4.69) is 0 Å². The standard InChI is InChI=1S/C16H15NO4/c1-20-15-10-8-12(11-16(15)21-2)7-9-13-5-3-4-6-14(13)17(18)19/h3-11H,1-2H3. The number of benzene rings is 2. The third kappa shape index (κ3) is 3.39. The quantitative estimate of drug-likeness (QED) is 0.476. The maximum atomic E-state index is 11.0. The molecule has 108 valence electrons. The molecule has 0 N–H and O–H groups in total. The Balaban J connectivity index is 2.32. The molecule has 0 aromatic heterocycles. The number of hydrogen-bond donors (Lipinski definition) is 0. The number of para-hydroxylation sites is 1. The first-order valence-corrected chi connectivity index (χ1v) is 6.29. The molecule has 0 aliphatic heterocycles. The molecular formula is C16H15NO4. The summed E-state index contributed by atoms with van der Waals surface area (Å²) in [5.74, 6) is 1.25. The summed E-state index contributed by atoms with van der Waals surface area (Å²) in [4.78, 5) is 10.6. The van der Waals surface area contributed by atoms with E-state index in [4.69, 9.17) is 9.47 Å². The largest absolute Gasteiger partial charge is 0.493 e. The van der Waals surface area contributed by atoms with E-state index in [1.54, 1.807) is 50.6 Å². The molecule has 5 heteroatoms. The van der Waals surface area contributed by atoms with Crippen LogP contribution in [0.5, 0.6) is 11.5 Å². The maximum absolute atomic E-state index is 11.0. The van der Waals surface area contributed by atoms with E-state index in [-0.39, 0.29) is 5.69 Å².